The second kappa shape index (κ2) is 4.23. The standard InChI is InChI=1S/C8H15N3O2/c1-5(9)8(13)11-6-2-3-7(12)10-4-6/h5-6H,2-4,9H2,1H3,(H,10,12)(H,11,13). The Labute approximate surface area is 77.1 Å². The minimum Gasteiger partial charge on any atom is -0.354 e. The Balaban J connectivity index is 2.30. The van der Waals surface area contributed by atoms with Crippen molar-refractivity contribution in [2.45, 2.75) is 31.8 Å². The molecule has 1 saturated heterocycles. The number of hydrogen-bond donors (Lipinski definition) is 3. The molecule has 1 fully saturated rings. The van der Waals surface area contributed by atoms with E-state index in [1.54, 1.807) is 6.92 Å². The van der Waals surface area contributed by atoms with E-state index >= 15 is 0 Å². The monoisotopic (exact) mass is 185 g/mol. The zero-order valence-corrected chi connectivity index (χ0v) is 7.67. The number of nitrogens with one attached hydrogen (secondary N) is 2. The van der Waals surface area contributed by atoms with Gasteiger partial charge in [-0.1, -0.05) is 0 Å². The van der Waals surface area contributed by atoms with Crippen molar-refractivity contribution >= 4 is 11.8 Å². The lowest BCUT2D eigenvalue weighted by Crippen LogP contribution is -2.51. The summed E-state index contributed by atoms with van der Waals surface area (Å²) >= 11 is 0. The molecule has 0 radical (unpaired) electrons. The van der Waals surface area contributed by atoms with Gasteiger partial charge in [-0.05, 0) is 13.3 Å². The van der Waals surface area contributed by atoms with Crippen molar-refractivity contribution in [3.8, 4) is 0 Å². The van der Waals surface area contributed by atoms with E-state index in [2.05, 4.69) is 10.6 Å². The van der Waals surface area contributed by atoms with Gasteiger partial charge >= 0.3 is 0 Å². The van der Waals surface area contributed by atoms with Gasteiger partial charge in [-0.2, -0.15) is 0 Å². The topological polar surface area (TPSA) is 84.2 Å². The summed E-state index contributed by atoms with van der Waals surface area (Å²) in [7, 11) is 0. The van der Waals surface area contributed by atoms with Crippen molar-refractivity contribution in [3.63, 3.8) is 0 Å². The molecular formula is C8H15N3O2. The van der Waals surface area contributed by atoms with E-state index < -0.39 is 6.04 Å². The van der Waals surface area contributed by atoms with Gasteiger partial charge in [-0.25, -0.2) is 0 Å². The molecule has 2 unspecified atom stereocenters. The van der Waals surface area contributed by atoms with Crippen LogP contribution in [0.5, 0.6) is 0 Å². The van der Waals surface area contributed by atoms with Crippen molar-refractivity contribution in [1.82, 2.24) is 10.6 Å². The summed E-state index contributed by atoms with van der Waals surface area (Å²) in [6.07, 6.45) is 1.17. The average Bonchev–Trinajstić information content (AvgIpc) is 2.08. The van der Waals surface area contributed by atoms with Crippen molar-refractivity contribution in [2.75, 3.05) is 6.54 Å². The van der Waals surface area contributed by atoms with E-state index in [9.17, 15) is 9.59 Å². The van der Waals surface area contributed by atoms with Crippen LogP contribution in [0.1, 0.15) is 19.8 Å². The van der Waals surface area contributed by atoms with Crippen LogP contribution in [-0.2, 0) is 9.59 Å². The Morgan fingerprint density at radius 1 is 1.77 bits per heavy atom. The van der Waals surface area contributed by atoms with E-state index in [-0.39, 0.29) is 17.9 Å². The highest BCUT2D eigenvalue weighted by Gasteiger charge is 2.20. The van der Waals surface area contributed by atoms with Gasteiger partial charge in [0.1, 0.15) is 0 Å². The molecule has 74 valence electrons. The smallest absolute Gasteiger partial charge is 0.236 e. The summed E-state index contributed by atoms with van der Waals surface area (Å²) in [5, 5.41) is 5.44. The number of amides is 2. The molecule has 13 heavy (non-hydrogen) atoms. The third-order valence-electron chi connectivity index (χ3n) is 2.03. The number of hydrogen-bond acceptors (Lipinski definition) is 3. The second-order valence-corrected chi connectivity index (χ2v) is 3.34. The molecule has 0 aliphatic carbocycles. The van der Waals surface area contributed by atoms with Crippen LogP contribution in [0.3, 0.4) is 0 Å². The first-order chi connectivity index (χ1) is 6.09. The molecule has 0 aromatic carbocycles. The van der Waals surface area contributed by atoms with Gasteiger partial charge in [0.05, 0.1) is 6.04 Å². The highest BCUT2D eigenvalue weighted by molar-refractivity contribution is 5.82. The fourth-order valence-electron chi connectivity index (χ4n) is 1.19. The molecule has 2 atom stereocenters. The molecule has 1 aliphatic rings. The van der Waals surface area contributed by atoms with Gasteiger partial charge in [-0.3, -0.25) is 9.59 Å². The Kier molecular flexibility index (Phi) is 3.25. The number of piperidine rings is 1. The molecule has 0 aromatic rings. The van der Waals surface area contributed by atoms with Gasteiger partial charge in [0, 0.05) is 19.0 Å². The quantitative estimate of drug-likeness (QED) is 0.501. The predicted octanol–water partition coefficient (Wildman–Crippen LogP) is -1.27. The van der Waals surface area contributed by atoms with E-state index in [1.807, 2.05) is 0 Å². The van der Waals surface area contributed by atoms with Gasteiger partial charge in [0.2, 0.25) is 11.8 Å². The molecular weight excluding hydrogens is 170 g/mol. The van der Waals surface area contributed by atoms with Crippen LogP contribution in [0.25, 0.3) is 0 Å². The van der Waals surface area contributed by atoms with Gasteiger partial charge in [0.15, 0.2) is 0 Å². The van der Waals surface area contributed by atoms with Crippen LogP contribution in [0, 0.1) is 0 Å². The molecule has 5 heteroatoms. The molecule has 1 aliphatic heterocycles. The summed E-state index contributed by atoms with van der Waals surface area (Å²) in [6, 6.07) is -0.450. The largest absolute Gasteiger partial charge is 0.354 e. The Hall–Kier alpha value is -1.10. The third-order valence-corrected chi connectivity index (χ3v) is 2.03. The van der Waals surface area contributed by atoms with E-state index in [1.165, 1.54) is 0 Å². The summed E-state index contributed by atoms with van der Waals surface area (Å²) in [5.74, 6) is -0.118. The van der Waals surface area contributed by atoms with Crippen LogP contribution in [0.4, 0.5) is 0 Å². The minimum absolute atomic E-state index is 0.0381. The molecule has 4 N–H and O–H groups in total. The Bertz CT molecular complexity index is 205. The normalized spacial score (nSPS) is 24.8. The van der Waals surface area contributed by atoms with Gasteiger partial charge < -0.3 is 16.4 Å². The molecule has 0 bridgehead atoms. The van der Waals surface area contributed by atoms with Crippen LogP contribution in [0.15, 0.2) is 0 Å². The zero-order valence-electron chi connectivity index (χ0n) is 7.67. The first kappa shape index (κ1) is 9.98. The summed E-state index contributed by atoms with van der Waals surface area (Å²) in [4.78, 5) is 21.9. The summed E-state index contributed by atoms with van der Waals surface area (Å²) in [5.41, 5.74) is 5.38. The molecule has 0 saturated carbocycles. The third kappa shape index (κ3) is 3.02. The lowest BCUT2D eigenvalue weighted by molar-refractivity contribution is -0.126. The highest BCUT2D eigenvalue weighted by atomic mass is 16.2. The summed E-state index contributed by atoms with van der Waals surface area (Å²) < 4.78 is 0. The maximum Gasteiger partial charge on any atom is 0.236 e. The van der Waals surface area contributed by atoms with Crippen molar-refractivity contribution in [2.24, 2.45) is 5.73 Å². The molecule has 5 nitrogen and oxygen atoms in total. The zero-order chi connectivity index (χ0) is 9.84. The summed E-state index contributed by atoms with van der Waals surface area (Å²) in [6.45, 7) is 2.15. The van der Waals surface area contributed by atoms with E-state index in [4.69, 9.17) is 5.73 Å². The van der Waals surface area contributed by atoms with Gasteiger partial charge in [-0.15, -0.1) is 0 Å². The van der Waals surface area contributed by atoms with Crippen LogP contribution < -0.4 is 16.4 Å². The lowest BCUT2D eigenvalue weighted by atomic mass is 10.1. The van der Waals surface area contributed by atoms with E-state index in [0.717, 1.165) is 0 Å². The molecule has 2 amide bonds. The maximum atomic E-state index is 11.1. The van der Waals surface area contributed by atoms with Crippen molar-refractivity contribution in [1.29, 1.82) is 0 Å². The van der Waals surface area contributed by atoms with Crippen molar-refractivity contribution in [3.05, 3.63) is 0 Å². The predicted molar refractivity (Wildman–Crippen MR) is 47.8 cm³/mol. The average molecular weight is 185 g/mol. The minimum atomic E-state index is -0.488. The molecule has 0 spiro atoms. The Morgan fingerprint density at radius 2 is 2.46 bits per heavy atom. The number of carbonyl (C=O) groups excluding carboxylic acids is 2. The highest BCUT2D eigenvalue weighted by Crippen LogP contribution is 2.02. The Morgan fingerprint density at radius 3 is 2.92 bits per heavy atom. The number of rotatable bonds is 2. The fraction of sp³-hybridized carbons (Fsp3) is 0.750. The van der Waals surface area contributed by atoms with Crippen LogP contribution >= 0.6 is 0 Å². The molecule has 1 rings (SSSR count). The molecule has 0 aromatic heterocycles. The number of carbonyl (C=O) groups is 2. The van der Waals surface area contributed by atoms with Crippen LogP contribution in [0.2, 0.25) is 0 Å². The number of nitrogens with two attached hydrogens (primary N) is 1. The first-order valence-electron chi connectivity index (χ1n) is 4.42. The van der Waals surface area contributed by atoms with Gasteiger partial charge in [0.25, 0.3) is 0 Å². The van der Waals surface area contributed by atoms with Crippen LogP contribution in [-0.4, -0.2) is 30.4 Å². The fourth-order valence-corrected chi connectivity index (χ4v) is 1.19. The lowest BCUT2D eigenvalue weighted by Gasteiger charge is -2.24. The van der Waals surface area contributed by atoms with E-state index in [0.29, 0.717) is 19.4 Å². The molecule has 1 heterocycles. The second-order valence-electron chi connectivity index (χ2n) is 3.34. The van der Waals surface area contributed by atoms with Crippen molar-refractivity contribution < 1.29 is 9.59 Å². The first-order valence-corrected chi connectivity index (χ1v) is 4.42. The maximum absolute atomic E-state index is 11.1. The SMILES string of the molecule is CC(N)C(=O)NC1CCC(=O)NC1.